The highest BCUT2D eigenvalue weighted by Crippen LogP contribution is 2.43. The third kappa shape index (κ3) is 1.46. The number of ketones is 1. The van der Waals surface area contributed by atoms with Gasteiger partial charge in [0, 0.05) is 21.2 Å². The van der Waals surface area contributed by atoms with Crippen LogP contribution >= 0.6 is 15.9 Å². The summed E-state index contributed by atoms with van der Waals surface area (Å²) in [6.07, 6.45) is 0. The Kier molecular flexibility index (Phi) is 2.39. The van der Waals surface area contributed by atoms with Gasteiger partial charge in [0.15, 0.2) is 5.78 Å². The standard InChI is InChI=1S/C18H11BrO/c1-10-6-7-13-14(8-10)18(20)15-9-16(19)11-4-2-3-5-12(11)17(13)15/h2-9H,1H3. The molecule has 0 bridgehead atoms. The third-order valence-corrected chi connectivity index (χ3v) is 4.58. The van der Waals surface area contributed by atoms with Crippen LogP contribution in [0.25, 0.3) is 21.9 Å². The fraction of sp³-hybridized carbons (Fsp3) is 0.0556. The van der Waals surface area contributed by atoms with Crippen molar-refractivity contribution in [1.29, 1.82) is 0 Å². The molecule has 0 N–H and O–H groups in total. The molecule has 20 heavy (non-hydrogen) atoms. The predicted molar refractivity (Wildman–Crippen MR) is 85.3 cm³/mol. The molecule has 2 heteroatoms. The van der Waals surface area contributed by atoms with E-state index in [1.165, 1.54) is 0 Å². The molecule has 0 saturated carbocycles. The molecule has 4 rings (SSSR count). The van der Waals surface area contributed by atoms with Gasteiger partial charge in [-0.3, -0.25) is 4.79 Å². The van der Waals surface area contributed by atoms with Crippen molar-refractivity contribution in [2.45, 2.75) is 6.92 Å². The molecule has 0 atom stereocenters. The van der Waals surface area contributed by atoms with Crippen LogP contribution in [-0.2, 0) is 0 Å². The van der Waals surface area contributed by atoms with Gasteiger partial charge in [-0.25, -0.2) is 0 Å². The lowest BCUT2D eigenvalue weighted by molar-refractivity contribution is 0.104. The van der Waals surface area contributed by atoms with Crippen LogP contribution in [0.3, 0.4) is 0 Å². The van der Waals surface area contributed by atoms with Crippen LogP contribution < -0.4 is 0 Å². The summed E-state index contributed by atoms with van der Waals surface area (Å²) < 4.78 is 0.977. The Labute approximate surface area is 125 Å². The van der Waals surface area contributed by atoms with E-state index in [1.54, 1.807) is 0 Å². The molecule has 1 aliphatic carbocycles. The molecule has 0 aromatic heterocycles. The fourth-order valence-corrected chi connectivity index (χ4v) is 3.58. The van der Waals surface area contributed by atoms with E-state index < -0.39 is 0 Å². The first kappa shape index (κ1) is 11.9. The molecule has 0 fully saturated rings. The van der Waals surface area contributed by atoms with E-state index in [0.29, 0.717) is 0 Å². The van der Waals surface area contributed by atoms with Crippen molar-refractivity contribution in [3.63, 3.8) is 0 Å². The molecule has 3 aromatic rings. The molecule has 1 nitrogen and oxygen atoms in total. The van der Waals surface area contributed by atoms with Gasteiger partial charge in [-0.15, -0.1) is 0 Å². The molecule has 3 aromatic carbocycles. The maximum Gasteiger partial charge on any atom is 0.194 e. The first-order valence-corrected chi connectivity index (χ1v) is 7.33. The Morgan fingerprint density at radius 2 is 1.60 bits per heavy atom. The molecule has 0 spiro atoms. The summed E-state index contributed by atoms with van der Waals surface area (Å²) in [5.41, 5.74) is 4.87. The second-order valence-corrected chi connectivity index (χ2v) is 6.06. The Hall–Kier alpha value is -1.93. The number of fused-ring (bicyclic) bond motifs is 5. The zero-order valence-corrected chi connectivity index (χ0v) is 12.5. The van der Waals surface area contributed by atoms with E-state index in [4.69, 9.17) is 0 Å². The van der Waals surface area contributed by atoms with E-state index in [1.807, 2.05) is 31.2 Å². The molecule has 0 unspecified atom stereocenters. The van der Waals surface area contributed by atoms with E-state index in [0.717, 1.165) is 43.1 Å². The zero-order valence-electron chi connectivity index (χ0n) is 10.9. The normalized spacial score (nSPS) is 12.6. The van der Waals surface area contributed by atoms with Crippen molar-refractivity contribution >= 4 is 32.5 Å². The summed E-state index contributed by atoms with van der Waals surface area (Å²) in [5.74, 6) is 0.130. The van der Waals surface area contributed by atoms with E-state index in [2.05, 4.69) is 40.2 Å². The van der Waals surface area contributed by atoms with Crippen molar-refractivity contribution in [1.82, 2.24) is 0 Å². The lowest BCUT2D eigenvalue weighted by Crippen LogP contribution is -1.95. The SMILES string of the molecule is Cc1ccc2c(c1)C(=O)c1cc(Br)c3ccccc3c1-2. The van der Waals surface area contributed by atoms with E-state index in [9.17, 15) is 4.79 Å². The van der Waals surface area contributed by atoms with Crippen LogP contribution in [0.2, 0.25) is 0 Å². The number of carbonyl (C=O) groups is 1. The summed E-state index contributed by atoms with van der Waals surface area (Å²) in [5, 5.41) is 2.28. The molecule has 96 valence electrons. The maximum absolute atomic E-state index is 12.6. The van der Waals surface area contributed by atoms with Gasteiger partial charge < -0.3 is 0 Å². The molecular weight excluding hydrogens is 312 g/mol. The molecule has 0 amide bonds. The third-order valence-electron chi connectivity index (χ3n) is 3.93. The van der Waals surface area contributed by atoms with Gasteiger partial charge in [0.05, 0.1) is 0 Å². The second-order valence-electron chi connectivity index (χ2n) is 5.20. The highest BCUT2D eigenvalue weighted by molar-refractivity contribution is 9.10. The Morgan fingerprint density at radius 3 is 2.40 bits per heavy atom. The monoisotopic (exact) mass is 322 g/mol. The Morgan fingerprint density at radius 1 is 0.850 bits per heavy atom. The van der Waals surface area contributed by atoms with Gasteiger partial charge in [-0.1, -0.05) is 57.9 Å². The summed E-state index contributed by atoms with van der Waals surface area (Å²) in [4.78, 5) is 12.6. The largest absolute Gasteiger partial charge is 0.289 e. The van der Waals surface area contributed by atoms with Crippen molar-refractivity contribution < 1.29 is 4.79 Å². The predicted octanol–water partition coefficient (Wildman–Crippen LogP) is 5.12. The van der Waals surface area contributed by atoms with Gasteiger partial charge in [-0.05, 0) is 35.4 Å². The minimum Gasteiger partial charge on any atom is -0.289 e. The van der Waals surface area contributed by atoms with Crippen molar-refractivity contribution in [2.24, 2.45) is 0 Å². The van der Waals surface area contributed by atoms with Crippen LogP contribution in [-0.4, -0.2) is 5.78 Å². The fourth-order valence-electron chi connectivity index (χ4n) is 3.01. The summed E-state index contributed by atoms with van der Waals surface area (Å²) in [7, 11) is 0. The smallest absolute Gasteiger partial charge is 0.194 e. The quantitative estimate of drug-likeness (QED) is 0.439. The van der Waals surface area contributed by atoms with Gasteiger partial charge in [-0.2, -0.15) is 0 Å². The summed E-state index contributed by atoms with van der Waals surface area (Å²) in [6.45, 7) is 2.02. The molecule has 0 saturated heterocycles. The van der Waals surface area contributed by atoms with Gasteiger partial charge >= 0.3 is 0 Å². The van der Waals surface area contributed by atoms with Gasteiger partial charge in [0.2, 0.25) is 0 Å². The van der Waals surface area contributed by atoms with Crippen LogP contribution in [0.4, 0.5) is 0 Å². The van der Waals surface area contributed by atoms with Gasteiger partial charge in [0.1, 0.15) is 0 Å². The number of rotatable bonds is 0. The molecular formula is C18H11BrO. The number of benzene rings is 3. The summed E-state index contributed by atoms with van der Waals surface area (Å²) in [6, 6.07) is 16.3. The molecule has 1 aliphatic rings. The van der Waals surface area contributed by atoms with Crippen LogP contribution in [0, 0.1) is 6.92 Å². The average molecular weight is 323 g/mol. The van der Waals surface area contributed by atoms with E-state index >= 15 is 0 Å². The lowest BCUT2D eigenvalue weighted by atomic mass is 9.97. The average Bonchev–Trinajstić information content (AvgIpc) is 2.73. The number of carbonyl (C=O) groups excluding carboxylic acids is 1. The van der Waals surface area contributed by atoms with Gasteiger partial charge in [0.25, 0.3) is 0 Å². The minimum atomic E-state index is 0.130. The van der Waals surface area contributed by atoms with Crippen molar-refractivity contribution in [3.8, 4) is 11.1 Å². The summed E-state index contributed by atoms with van der Waals surface area (Å²) >= 11 is 3.58. The Balaban J connectivity index is 2.21. The zero-order chi connectivity index (χ0) is 13.9. The van der Waals surface area contributed by atoms with Crippen LogP contribution in [0.5, 0.6) is 0 Å². The maximum atomic E-state index is 12.6. The highest BCUT2D eigenvalue weighted by Gasteiger charge is 2.28. The number of hydrogen-bond acceptors (Lipinski definition) is 1. The second kappa shape index (κ2) is 4.03. The Bertz CT molecular complexity index is 893. The number of aryl methyl sites for hydroxylation is 1. The first-order valence-electron chi connectivity index (χ1n) is 6.54. The number of hydrogen-bond donors (Lipinski definition) is 0. The highest BCUT2D eigenvalue weighted by atomic mass is 79.9. The van der Waals surface area contributed by atoms with E-state index in [-0.39, 0.29) is 5.78 Å². The topological polar surface area (TPSA) is 17.1 Å². The first-order chi connectivity index (χ1) is 9.66. The minimum absolute atomic E-state index is 0.130. The molecule has 0 aliphatic heterocycles. The van der Waals surface area contributed by atoms with Crippen molar-refractivity contribution in [2.75, 3.05) is 0 Å². The lowest BCUT2D eigenvalue weighted by Gasteiger charge is -2.08. The van der Waals surface area contributed by atoms with Crippen molar-refractivity contribution in [3.05, 3.63) is 69.7 Å². The van der Waals surface area contributed by atoms with Crippen LogP contribution in [0.15, 0.2) is 53.0 Å². The van der Waals surface area contributed by atoms with Crippen LogP contribution in [0.1, 0.15) is 21.5 Å². The molecule has 0 radical (unpaired) electrons. The molecule has 0 heterocycles. The number of halogens is 1.